The Morgan fingerprint density at radius 2 is 1.50 bits per heavy atom. The van der Waals surface area contributed by atoms with E-state index in [1.807, 2.05) is 0 Å². The van der Waals surface area contributed by atoms with E-state index in [0.717, 1.165) is 22.6 Å². The molecular formula is C14H22O2. The monoisotopic (exact) mass is 222 g/mol. The van der Waals surface area contributed by atoms with Gasteiger partial charge in [0, 0.05) is 5.56 Å². The van der Waals surface area contributed by atoms with E-state index in [4.69, 9.17) is 9.47 Å². The smallest absolute Gasteiger partial charge is 0.126 e. The van der Waals surface area contributed by atoms with Gasteiger partial charge in [0.25, 0.3) is 0 Å². The van der Waals surface area contributed by atoms with Crippen molar-refractivity contribution in [2.45, 2.75) is 40.0 Å². The van der Waals surface area contributed by atoms with Gasteiger partial charge in [-0.2, -0.15) is 0 Å². The normalized spacial score (nSPS) is 11.4. The van der Waals surface area contributed by atoms with Gasteiger partial charge in [-0.1, -0.05) is 20.8 Å². The van der Waals surface area contributed by atoms with Crippen molar-refractivity contribution in [1.29, 1.82) is 0 Å². The third-order valence-corrected chi connectivity index (χ3v) is 3.02. The SMILES string of the molecule is COc1cc(C(C)(C)C)c(OC)c(C)c1C. The summed E-state index contributed by atoms with van der Waals surface area (Å²) in [5, 5.41) is 0. The van der Waals surface area contributed by atoms with Gasteiger partial charge < -0.3 is 9.47 Å². The lowest BCUT2D eigenvalue weighted by Gasteiger charge is -2.25. The average molecular weight is 222 g/mol. The van der Waals surface area contributed by atoms with Crippen molar-refractivity contribution in [3.8, 4) is 11.5 Å². The standard InChI is InChI=1S/C14H22O2/c1-9-10(2)13(16-7)11(14(3,4)5)8-12(9)15-6/h8H,1-7H3. The maximum atomic E-state index is 5.53. The van der Waals surface area contributed by atoms with Crippen molar-refractivity contribution in [2.24, 2.45) is 0 Å². The first kappa shape index (κ1) is 12.9. The first-order valence-corrected chi connectivity index (χ1v) is 5.55. The zero-order valence-electron chi connectivity index (χ0n) is 11.4. The third kappa shape index (κ3) is 2.16. The van der Waals surface area contributed by atoms with Crippen LogP contribution < -0.4 is 9.47 Å². The summed E-state index contributed by atoms with van der Waals surface area (Å²) in [5.41, 5.74) is 3.55. The van der Waals surface area contributed by atoms with E-state index < -0.39 is 0 Å². The number of hydrogen-bond donors (Lipinski definition) is 0. The molecule has 0 aliphatic carbocycles. The Labute approximate surface area is 98.6 Å². The minimum atomic E-state index is 0.0527. The number of rotatable bonds is 2. The minimum absolute atomic E-state index is 0.0527. The number of benzene rings is 1. The van der Waals surface area contributed by atoms with E-state index in [-0.39, 0.29) is 5.41 Å². The Bertz CT molecular complexity index is 387. The van der Waals surface area contributed by atoms with Crippen LogP contribution in [0.15, 0.2) is 6.07 Å². The Morgan fingerprint density at radius 3 is 1.88 bits per heavy atom. The molecule has 0 saturated carbocycles. The first-order chi connectivity index (χ1) is 7.32. The van der Waals surface area contributed by atoms with Gasteiger partial charge in [0.2, 0.25) is 0 Å². The van der Waals surface area contributed by atoms with Gasteiger partial charge >= 0.3 is 0 Å². The molecule has 0 N–H and O–H groups in total. The molecular weight excluding hydrogens is 200 g/mol. The average Bonchev–Trinajstić information content (AvgIpc) is 2.20. The van der Waals surface area contributed by atoms with Crippen molar-refractivity contribution < 1.29 is 9.47 Å². The van der Waals surface area contributed by atoms with Crippen molar-refractivity contribution in [3.63, 3.8) is 0 Å². The van der Waals surface area contributed by atoms with E-state index in [9.17, 15) is 0 Å². The highest BCUT2D eigenvalue weighted by molar-refractivity contribution is 5.54. The summed E-state index contributed by atoms with van der Waals surface area (Å²) >= 11 is 0. The molecule has 0 atom stereocenters. The number of methoxy groups -OCH3 is 2. The van der Waals surface area contributed by atoms with Crippen LogP contribution in [0.25, 0.3) is 0 Å². The Morgan fingerprint density at radius 1 is 0.938 bits per heavy atom. The summed E-state index contributed by atoms with van der Waals surface area (Å²) in [6.07, 6.45) is 0. The van der Waals surface area contributed by atoms with Crippen molar-refractivity contribution in [3.05, 3.63) is 22.8 Å². The van der Waals surface area contributed by atoms with E-state index >= 15 is 0 Å². The van der Waals surface area contributed by atoms with E-state index in [2.05, 4.69) is 40.7 Å². The van der Waals surface area contributed by atoms with Crippen molar-refractivity contribution in [2.75, 3.05) is 14.2 Å². The fraction of sp³-hybridized carbons (Fsp3) is 0.571. The van der Waals surface area contributed by atoms with Crippen LogP contribution in [0.1, 0.15) is 37.5 Å². The van der Waals surface area contributed by atoms with Crippen LogP contribution in [0.5, 0.6) is 11.5 Å². The number of ether oxygens (including phenoxy) is 2. The fourth-order valence-corrected chi connectivity index (χ4v) is 1.89. The van der Waals surface area contributed by atoms with Gasteiger partial charge in [0.15, 0.2) is 0 Å². The Kier molecular flexibility index (Phi) is 3.51. The molecule has 90 valence electrons. The zero-order valence-corrected chi connectivity index (χ0v) is 11.4. The summed E-state index contributed by atoms with van der Waals surface area (Å²) in [5.74, 6) is 1.91. The second-order valence-corrected chi connectivity index (χ2v) is 5.16. The second kappa shape index (κ2) is 4.36. The summed E-state index contributed by atoms with van der Waals surface area (Å²) in [4.78, 5) is 0. The maximum absolute atomic E-state index is 5.53. The van der Waals surface area contributed by atoms with Gasteiger partial charge in [0.05, 0.1) is 14.2 Å². The molecule has 0 saturated heterocycles. The molecule has 0 bridgehead atoms. The number of hydrogen-bond acceptors (Lipinski definition) is 2. The summed E-state index contributed by atoms with van der Waals surface area (Å²) < 4.78 is 10.9. The van der Waals surface area contributed by atoms with Crippen LogP contribution in [-0.4, -0.2) is 14.2 Å². The fourth-order valence-electron chi connectivity index (χ4n) is 1.89. The predicted octanol–water partition coefficient (Wildman–Crippen LogP) is 3.62. The molecule has 0 radical (unpaired) electrons. The molecule has 1 aromatic carbocycles. The molecule has 0 amide bonds. The van der Waals surface area contributed by atoms with E-state index in [1.54, 1.807) is 14.2 Å². The molecule has 0 spiro atoms. The van der Waals surface area contributed by atoms with E-state index in [1.165, 1.54) is 5.56 Å². The lowest BCUT2D eigenvalue weighted by molar-refractivity contribution is 0.383. The molecule has 0 aromatic heterocycles. The first-order valence-electron chi connectivity index (χ1n) is 5.55. The molecule has 2 nitrogen and oxygen atoms in total. The third-order valence-electron chi connectivity index (χ3n) is 3.02. The van der Waals surface area contributed by atoms with Gasteiger partial charge in [-0.3, -0.25) is 0 Å². The summed E-state index contributed by atoms with van der Waals surface area (Å²) in [7, 11) is 3.43. The molecule has 16 heavy (non-hydrogen) atoms. The van der Waals surface area contributed by atoms with Crippen molar-refractivity contribution in [1.82, 2.24) is 0 Å². The summed E-state index contributed by atoms with van der Waals surface area (Å²) in [6.45, 7) is 10.7. The second-order valence-electron chi connectivity index (χ2n) is 5.16. The molecule has 1 rings (SSSR count). The van der Waals surface area contributed by atoms with Crippen molar-refractivity contribution >= 4 is 0 Å². The lowest BCUT2D eigenvalue weighted by Crippen LogP contribution is -2.14. The predicted molar refractivity (Wildman–Crippen MR) is 67.7 cm³/mol. The van der Waals surface area contributed by atoms with Crippen LogP contribution in [0.4, 0.5) is 0 Å². The highest BCUT2D eigenvalue weighted by Gasteiger charge is 2.23. The molecule has 0 fully saturated rings. The Balaban J connectivity index is 3.54. The highest BCUT2D eigenvalue weighted by Crippen LogP contribution is 2.39. The molecule has 0 aliphatic heterocycles. The van der Waals surface area contributed by atoms with Gasteiger partial charge in [-0.05, 0) is 36.5 Å². The summed E-state index contributed by atoms with van der Waals surface area (Å²) in [6, 6.07) is 2.08. The topological polar surface area (TPSA) is 18.5 Å². The maximum Gasteiger partial charge on any atom is 0.126 e. The van der Waals surface area contributed by atoms with Crippen LogP contribution in [-0.2, 0) is 5.41 Å². The molecule has 2 heteroatoms. The van der Waals surface area contributed by atoms with Crippen LogP contribution in [0, 0.1) is 13.8 Å². The molecule has 0 unspecified atom stereocenters. The largest absolute Gasteiger partial charge is 0.496 e. The highest BCUT2D eigenvalue weighted by atomic mass is 16.5. The quantitative estimate of drug-likeness (QED) is 0.761. The van der Waals surface area contributed by atoms with E-state index in [0.29, 0.717) is 0 Å². The molecule has 0 aliphatic rings. The lowest BCUT2D eigenvalue weighted by atomic mass is 9.84. The zero-order chi connectivity index (χ0) is 12.5. The minimum Gasteiger partial charge on any atom is -0.496 e. The van der Waals surface area contributed by atoms with Crippen LogP contribution in [0.2, 0.25) is 0 Å². The van der Waals surface area contributed by atoms with Gasteiger partial charge in [-0.25, -0.2) is 0 Å². The molecule has 0 heterocycles. The van der Waals surface area contributed by atoms with Crippen LogP contribution >= 0.6 is 0 Å². The molecule has 1 aromatic rings. The van der Waals surface area contributed by atoms with Gasteiger partial charge in [0.1, 0.15) is 11.5 Å². The van der Waals surface area contributed by atoms with Gasteiger partial charge in [-0.15, -0.1) is 0 Å². The van der Waals surface area contributed by atoms with Crippen LogP contribution in [0.3, 0.4) is 0 Å². The Hall–Kier alpha value is -1.18.